The van der Waals surface area contributed by atoms with Crippen LogP contribution < -0.4 is 0 Å². The number of rotatable bonds is 9. The van der Waals surface area contributed by atoms with Gasteiger partial charge >= 0.3 is 5.97 Å². The molecule has 0 aliphatic carbocycles. The van der Waals surface area contributed by atoms with Crippen molar-refractivity contribution in [2.45, 2.75) is 45.8 Å². The zero-order valence-corrected chi connectivity index (χ0v) is 17.0. The van der Waals surface area contributed by atoms with Crippen LogP contribution in [0.4, 0.5) is 0 Å². The number of carbonyl (C=O) groups is 1. The normalized spacial score (nSPS) is 17.0. The fraction of sp³-hybridized carbons (Fsp3) is 0.458. The highest BCUT2D eigenvalue weighted by Gasteiger charge is 2.19. The molecule has 1 atom stereocenters. The van der Waals surface area contributed by atoms with E-state index in [4.69, 9.17) is 9.47 Å². The van der Waals surface area contributed by atoms with Crippen LogP contribution in [0.3, 0.4) is 0 Å². The van der Waals surface area contributed by atoms with Gasteiger partial charge in [-0.25, -0.2) is 4.79 Å². The predicted octanol–water partition coefficient (Wildman–Crippen LogP) is 4.46. The molecule has 0 saturated carbocycles. The molecule has 0 aromatic heterocycles. The van der Waals surface area contributed by atoms with Crippen LogP contribution in [0, 0.1) is 0 Å². The minimum atomic E-state index is -0.321. The number of nitrogens with zero attached hydrogens (tertiary/aromatic N) is 1. The number of hydrogen-bond donors (Lipinski definition) is 0. The lowest BCUT2D eigenvalue weighted by Crippen LogP contribution is -2.28. The van der Waals surface area contributed by atoms with Crippen molar-refractivity contribution in [1.29, 1.82) is 0 Å². The van der Waals surface area contributed by atoms with E-state index >= 15 is 0 Å². The summed E-state index contributed by atoms with van der Waals surface area (Å²) in [5, 5.41) is 0. The molecule has 3 rings (SSSR count). The van der Waals surface area contributed by atoms with Gasteiger partial charge < -0.3 is 14.4 Å². The van der Waals surface area contributed by atoms with Crippen molar-refractivity contribution in [2.24, 2.45) is 0 Å². The van der Waals surface area contributed by atoms with Crippen molar-refractivity contribution in [3.63, 3.8) is 0 Å². The number of benzene rings is 2. The van der Waals surface area contributed by atoms with Gasteiger partial charge in [-0.2, -0.15) is 0 Å². The molecule has 150 valence electrons. The molecule has 0 spiro atoms. The van der Waals surface area contributed by atoms with Gasteiger partial charge in [-0.1, -0.05) is 48.5 Å². The number of carbonyl (C=O) groups excluding carboxylic acids is 1. The number of hydrogen-bond acceptors (Lipinski definition) is 4. The van der Waals surface area contributed by atoms with E-state index in [-0.39, 0.29) is 12.6 Å². The van der Waals surface area contributed by atoms with Crippen molar-refractivity contribution in [1.82, 2.24) is 4.90 Å². The van der Waals surface area contributed by atoms with E-state index in [2.05, 4.69) is 48.2 Å². The van der Waals surface area contributed by atoms with Gasteiger partial charge in [0.15, 0.2) is 0 Å². The first kappa shape index (κ1) is 20.6. The Hall–Kier alpha value is -2.17. The molecule has 2 aromatic carbocycles. The zero-order chi connectivity index (χ0) is 19.8. The summed E-state index contributed by atoms with van der Waals surface area (Å²) in [7, 11) is 0. The third-order valence-corrected chi connectivity index (χ3v) is 5.41. The molecule has 2 aromatic rings. The van der Waals surface area contributed by atoms with Crippen molar-refractivity contribution in [3.8, 4) is 11.1 Å². The van der Waals surface area contributed by atoms with Crippen LogP contribution >= 0.6 is 0 Å². The van der Waals surface area contributed by atoms with E-state index in [1.807, 2.05) is 12.1 Å². The van der Waals surface area contributed by atoms with Crippen LogP contribution in [0.5, 0.6) is 0 Å². The molecule has 0 amide bonds. The van der Waals surface area contributed by atoms with E-state index < -0.39 is 0 Å². The lowest BCUT2D eigenvalue weighted by atomic mass is 10.0. The molecule has 28 heavy (non-hydrogen) atoms. The molecule has 0 bridgehead atoms. The molecular formula is C24H31NO3. The molecule has 1 saturated heterocycles. The summed E-state index contributed by atoms with van der Waals surface area (Å²) in [6, 6.07) is 17.9. The highest BCUT2D eigenvalue weighted by Crippen LogP contribution is 2.22. The minimum absolute atomic E-state index is 0.00669. The van der Waals surface area contributed by atoms with Crippen molar-refractivity contribution >= 4 is 5.97 Å². The molecule has 1 fully saturated rings. The fourth-order valence-electron chi connectivity index (χ4n) is 3.71. The zero-order valence-electron chi connectivity index (χ0n) is 17.0. The lowest BCUT2D eigenvalue weighted by Gasteiger charge is -2.20. The van der Waals surface area contributed by atoms with Gasteiger partial charge in [-0.15, -0.1) is 0 Å². The molecule has 0 radical (unpaired) electrons. The van der Waals surface area contributed by atoms with Gasteiger partial charge in [0.05, 0.1) is 13.2 Å². The van der Waals surface area contributed by atoms with E-state index in [0.717, 1.165) is 24.6 Å². The van der Waals surface area contributed by atoms with Crippen LogP contribution in [0.2, 0.25) is 0 Å². The quantitative estimate of drug-likeness (QED) is 0.601. The maximum Gasteiger partial charge on any atom is 0.332 e. The van der Waals surface area contributed by atoms with Gasteiger partial charge in [0.2, 0.25) is 0 Å². The smallest absolute Gasteiger partial charge is 0.332 e. The van der Waals surface area contributed by atoms with Crippen molar-refractivity contribution in [3.05, 3.63) is 59.7 Å². The third kappa shape index (κ3) is 5.91. The Morgan fingerprint density at radius 2 is 1.68 bits per heavy atom. The first-order valence-electron chi connectivity index (χ1n) is 10.3. The molecule has 1 heterocycles. The summed E-state index contributed by atoms with van der Waals surface area (Å²) < 4.78 is 10.2. The average Bonchev–Trinajstić information content (AvgIpc) is 3.12. The summed E-state index contributed by atoms with van der Waals surface area (Å²) in [5.41, 5.74) is 4.85. The fourth-order valence-corrected chi connectivity index (χ4v) is 3.71. The lowest BCUT2D eigenvalue weighted by molar-refractivity contribution is -0.148. The Morgan fingerprint density at radius 3 is 2.25 bits per heavy atom. The van der Waals surface area contributed by atoms with Crippen LogP contribution in [-0.2, 0) is 27.3 Å². The second kappa shape index (κ2) is 10.4. The van der Waals surface area contributed by atoms with E-state index in [1.165, 1.54) is 36.1 Å². The Bertz CT molecular complexity index is 739. The van der Waals surface area contributed by atoms with Gasteiger partial charge in [0, 0.05) is 12.6 Å². The second-order valence-corrected chi connectivity index (χ2v) is 7.47. The maximum atomic E-state index is 11.3. The highest BCUT2D eigenvalue weighted by molar-refractivity contribution is 5.70. The SMILES string of the molecule is CCOC(=O)COCc1ccc(-c2ccc(CCN3CCCC3C)cc2)cc1. The molecule has 1 aliphatic heterocycles. The first-order valence-corrected chi connectivity index (χ1v) is 10.3. The van der Waals surface area contributed by atoms with Gasteiger partial charge in [0.1, 0.15) is 6.61 Å². The standard InChI is InChI=1S/C24H31NO3/c1-3-28-24(26)18-27-17-21-8-12-23(13-9-21)22-10-6-20(7-11-22)14-16-25-15-4-5-19(25)2/h6-13,19H,3-5,14-18H2,1-2H3. The largest absolute Gasteiger partial charge is 0.464 e. The Labute approximate surface area is 168 Å². The summed E-state index contributed by atoms with van der Waals surface area (Å²) in [4.78, 5) is 13.9. The second-order valence-electron chi connectivity index (χ2n) is 7.47. The van der Waals surface area contributed by atoms with Gasteiger partial charge in [-0.05, 0) is 61.9 Å². The molecule has 1 unspecified atom stereocenters. The first-order chi connectivity index (χ1) is 13.7. The predicted molar refractivity (Wildman–Crippen MR) is 112 cm³/mol. The van der Waals surface area contributed by atoms with E-state index in [1.54, 1.807) is 6.92 Å². The molecule has 0 N–H and O–H groups in total. The Kier molecular flexibility index (Phi) is 7.63. The Morgan fingerprint density at radius 1 is 1.04 bits per heavy atom. The van der Waals surface area contributed by atoms with Crippen molar-refractivity contribution in [2.75, 3.05) is 26.3 Å². The van der Waals surface area contributed by atoms with Crippen molar-refractivity contribution < 1.29 is 14.3 Å². The topological polar surface area (TPSA) is 38.8 Å². The molecule has 4 nitrogen and oxygen atoms in total. The summed E-state index contributed by atoms with van der Waals surface area (Å²) >= 11 is 0. The number of likely N-dealkylation sites (tertiary alicyclic amines) is 1. The molecule has 1 aliphatic rings. The van der Waals surface area contributed by atoms with Crippen LogP contribution in [0.15, 0.2) is 48.5 Å². The summed E-state index contributed by atoms with van der Waals surface area (Å²) in [6.45, 7) is 7.31. The minimum Gasteiger partial charge on any atom is -0.464 e. The summed E-state index contributed by atoms with van der Waals surface area (Å²) in [6.07, 6.45) is 3.79. The molecule has 4 heteroatoms. The van der Waals surface area contributed by atoms with Crippen LogP contribution in [0.25, 0.3) is 11.1 Å². The van der Waals surface area contributed by atoms with Crippen LogP contribution in [0.1, 0.15) is 37.8 Å². The highest BCUT2D eigenvalue weighted by atomic mass is 16.6. The summed E-state index contributed by atoms with van der Waals surface area (Å²) in [5.74, 6) is -0.321. The van der Waals surface area contributed by atoms with Gasteiger partial charge in [-0.3, -0.25) is 0 Å². The number of ether oxygens (including phenoxy) is 2. The third-order valence-electron chi connectivity index (χ3n) is 5.41. The van der Waals surface area contributed by atoms with E-state index in [9.17, 15) is 4.79 Å². The maximum absolute atomic E-state index is 11.3. The number of esters is 1. The molecular weight excluding hydrogens is 350 g/mol. The Balaban J connectivity index is 1.48. The van der Waals surface area contributed by atoms with Gasteiger partial charge in [0.25, 0.3) is 0 Å². The average molecular weight is 382 g/mol. The monoisotopic (exact) mass is 381 g/mol. The van der Waals surface area contributed by atoms with Crippen LogP contribution in [-0.4, -0.2) is 43.2 Å². The van der Waals surface area contributed by atoms with E-state index in [0.29, 0.717) is 13.2 Å².